The molecule has 0 aromatic heterocycles. The third kappa shape index (κ3) is 2.35. The fourth-order valence-electron chi connectivity index (χ4n) is 4.06. The van der Waals surface area contributed by atoms with Gasteiger partial charge in [-0.1, -0.05) is 12.2 Å². The molecule has 0 saturated carbocycles. The van der Waals surface area contributed by atoms with E-state index in [2.05, 4.69) is 0 Å². The molecule has 6 heteroatoms. The van der Waals surface area contributed by atoms with Gasteiger partial charge in [0.2, 0.25) is 5.91 Å². The standard InChI is InChI=1S/C19H21NO5/c1-11(2)24-18(22)15-14-8-9-19(25-14)10-20(17(21)16(15)19)12-4-6-13(23-3)7-5-12/h4-9,11,14-16H,10H2,1-3H3. The number of benzene rings is 1. The molecule has 4 unspecified atom stereocenters. The van der Waals surface area contributed by atoms with E-state index in [1.54, 1.807) is 25.9 Å². The van der Waals surface area contributed by atoms with E-state index in [1.165, 1.54) is 0 Å². The lowest BCUT2D eigenvalue weighted by atomic mass is 9.77. The van der Waals surface area contributed by atoms with Gasteiger partial charge in [-0.05, 0) is 38.1 Å². The van der Waals surface area contributed by atoms with Crippen LogP contribution in [0.25, 0.3) is 0 Å². The maximum Gasteiger partial charge on any atom is 0.313 e. The number of esters is 1. The van der Waals surface area contributed by atoms with Gasteiger partial charge in [-0.15, -0.1) is 0 Å². The van der Waals surface area contributed by atoms with Crippen molar-refractivity contribution in [1.29, 1.82) is 0 Å². The van der Waals surface area contributed by atoms with E-state index < -0.39 is 17.4 Å². The minimum atomic E-state index is -0.734. The summed E-state index contributed by atoms with van der Waals surface area (Å²) in [4.78, 5) is 27.3. The third-order valence-electron chi connectivity index (χ3n) is 5.11. The van der Waals surface area contributed by atoms with Gasteiger partial charge in [-0.2, -0.15) is 0 Å². The van der Waals surface area contributed by atoms with E-state index in [0.717, 1.165) is 11.4 Å². The normalized spacial score (nSPS) is 32.4. The highest BCUT2D eigenvalue weighted by Gasteiger charge is 2.67. The molecule has 3 aliphatic rings. The highest BCUT2D eigenvalue weighted by Crippen LogP contribution is 2.53. The second kappa shape index (κ2) is 5.59. The van der Waals surface area contributed by atoms with Crippen LogP contribution in [0.2, 0.25) is 0 Å². The highest BCUT2D eigenvalue weighted by atomic mass is 16.6. The van der Waals surface area contributed by atoms with Gasteiger partial charge in [0, 0.05) is 5.69 Å². The van der Waals surface area contributed by atoms with Crippen LogP contribution in [0.15, 0.2) is 36.4 Å². The maximum absolute atomic E-state index is 13.1. The lowest BCUT2D eigenvalue weighted by molar-refractivity contribution is -0.156. The van der Waals surface area contributed by atoms with Gasteiger partial charge in [0.15, 0.2) is 0 Å². The molecule has 4 rings (SSSR count). The van der Waals surface area contributed by atoms with Gasteiger partial charge < -0.3 is 19.1 Å². The average molecular weight is 343 g/mol. The van der Waals surface area contributed by atoms with Crippen LogP contribution in [0.5, 0.6) is 5.75 Å². The fraction of sp³-hybridized carbons (Fsp3) is 0.474. The molecule has 6 nitrogen and oxygen atoms in total. The van der Waals surface area contributed by atoms with Crippen LogP contribution in [0.4, 0.5) is 5.69 Å². The summed E-state index contributed by atoms with van der Waals surface area (Å²) in [5.74, 6) is -0.841. The van der Waals surface area contributed by atoms with Crippen LogP contribution in [-0.4, -0.2) is 43.3 Å². The molecule has 2 bridgehead atoms. The first-order chi connectivity index (χ1) is 11.9. The van der Waals surface area contributed by atoms with Crippen molar-refractivity contribution in [3.63, 3.8) is 0 Å². The molecule has 2 saturated heterocycles. The number of amides is 1. The molecular formula is C19H21NO5. The van der Waals surface area contributed by atoms with Crippen LogP contribution >= 0.6 is 0 Å². The van der Waals surface area contributed by atoms with Crippen molar-refractivity contribution in [2.45, 2.75) is 31.7 Å². The van der Waals surface area contributed by atoms with Crippen molar-refractivity contribution in [3.05, 3.63) is 36.4 Å². The molecule has 1 spiro atoms. The second-order valence-electron chi connectivity index (χ2n) is 7.01. The minimum Gasteiger partial charge on any atom is -0.497 e. The lowest BCUT2D eigenvalue weighted by Gasteiger charge is -2.23. The van der Waals surface area contributed by atoms with Gasteiger partial charge in [0.1, 0.15) is 17.3 Å². The van der Waals surface area contributed by atoms with Crippen LogP contribution in [0.3, 0.4) is 0 Å². The number of nitrogens with zero attached hydrogens (tertiary/aromatic N) is 1. The molecule has 3 heterocycles. The summed E-state index contributed by atoms with van der Waals surface area (Å²) in [5, 5.41) is 0. The number of hydrogen-bond donors (Lipinski definition) is 0. The van der Waals surface area contributed by atoms with Crippen molar-refractivity contribution in [2.75, 3.05) is 18.6 Å². The fourth-order valence-corrected chi connectivity index (χ4v) is 4.06. The number of carbonyl (C=O) groups is 2. The number of rotatable bonds is 4. The lowest BCUT2D eigenvalue weighted by Crippen LogP contribution is -2.40. The molecule has 0 aliphatic carbocycles. The first kappa shape index (κ1) is 16.1. The Labute approximate surface area is 146 Å². The van der Waals surface area contributed by atoms with Gasteiger partial charge in [-0.3, -0.25) is 9.59 Å². The molecule has 1 aromatic rings. The number of methoxy groups -OCH3 is 1. The summed E-state index contributed by atoms with van der Waals surface area (Å²) in [6.07, 6.45) is 3.22. The zero-order chi connectivity index (χ0) is 17.8. The van der Waals surface area contributed by atoms with E-state index in [1.807, 2.05) is 36.4 Å². The SMILES string of the molecule is COc1ccc(N2CC34C=CC(O3)C(C(=O)OC(C)C)C4C2=O)cc1. The topological polar surface area (TPSA) is 65.1 Å². The summed E-state index contributed by atoms with van der Waals surface area (Å²) in [7, 11) is 1.60. The highest BCUT2D eigenvalue weighted by molar-refractivity contribution is 6.02. The average Bonchev–Trinajstić information content (AvgIpc) is 3.22. The van der Waals surface area contributed by atoms with Crippen LogP contribution in [-0.2, 0) is 19.1 Å². The van der Waals surface area contributed by atoms with Crippen molar-refractivity contribution in [1.82, 2.24) is 0 Å². The number of hydrogen-bond acceptors (Lipinski definition) is 5. The number of carbonyl (C=O) groups excluding carboxylic acids is 2. The molecule has 0 radical (unpaired) electrons. The minimum absolute atomic E-state index is 0.0947. The Bertz CT molecular complexity index is 741. The van der Waals surface area contributed by atoms with Gasteiger partial charge in [-0.25, -0.2) is 0 Å². The molecule has 2 fully saturated rings. The van der Waals surface area contributed by atoms with Crippen molar-refractivity contribution < 1.29 is 23.8 Å². The van der Waals surface area contributed by atoms with Crippen molar-refractivity contribution >= 4 is 17.6 Å². The Morgan fingerprint density at radius 2 is 2.04 bits per heavy atom. The van der Waals surface area contributed by atoms with E-state index in [9.17, 15) is 9.59 Å². The van der Waals surface area contributed by atoms with Crippen molar-refractivity contribution in [2.24, 2.45) is 11.8 Å². The molecule has 1 aromatic carbocycles. The maximum atomic E-state index is 13.1. The third-order valence-corrected chi connectivity index (χ3v) is 5.11. The summed E-state index contributed by atoms with van der Waals surface area (Å²) in [6.45, 7) is 4.01. The summed E-state index contributed by atoms with van der Waals surface area (Å²) in [6, 6.07) is 7.30. The smallest absolute Gasteiger partial charge is 0.313 e. The van der Waals surface area contributed by atoms with Gasteiger partial charge in [0.05, 0.1) is 31.8 Å². The summed E-state index contributed by atoms with van der Waals surface area (Å²) < 4.78 is 16.6. The number of ether oxygens (including phenoxy) is 3. The number of anilines is 1. The Hall–Kier alpha value is -2.34. The quantitative estimate of drug-likeness (QED) is 0.617. The predicted octanol–water partition coefficient (Wildman–Crippen LogP) is 1.93. The van der Waals surface area contributed by atoms with Crippen LogP contribution < -0.4 is 9.64 Å². The molecule has 0 N–H and O–H groups in total. The Kier molecular flexibility index (Phi) is 3.61. The zero-order valence-electron chi connectivity index (χ0n) is 14.5. The van der Waals surface area contributed by atoms with Crippen LogP contribution in [0, 0.1) is 11.8 Å². The molecule has 25 heavy (non-hydrogen) atoms. The molecule has 4 atom stereocenters. The first-order valence-corrected chi connectivity index (χ1v) is 8.48. The van der Waals surface area contributed by atoms with E-state index in [0.29, 0.717) is 6.54 Å². The largest absolute Gasteiger partial charge is 0.497 e. The predicted molar refractivity (Wildman–Crippen MR) is 90.3 cm³/mol. The van der Waals surface area contributed by atoms with Crippen LogP contribution in [0.1, 0.15) is 13.8 Å². The Morgan fingerprint density at radius 3 is 2.68 bits per heavy atom. The van der Waals surface area contributed by atoms with Gasteiger partial charge in [0.25, 0.3) is 0 Å². The van der Waals surface area contributed by atoms with E-state index in [4.69, 9.17) is 14.2 Å². The monoisotopic (exact) mass is 343 g/mol. The Balaban J connectivity index is 1.64. The van der Waals surface area contributed by atoms with E-state index in [-0.39, 0.29) is 24.1 Å². The molecule has 3 aliphatic heterocycles. The van der Waals surface area contributed by atoms with Gasteiger partial charge >= 0.3 is 5.97 Å². The summed E-state index contributed by atoms with van der Waals surface area (Å²) >= 11 is 0. The van der Waals surface area contributed by atoms with Crippen molar-refractivity contribution in [3.8, 4) is 5.75 Å². The molecule has 1 amide bonds. The number of fused-ring (bicyclic) bond motifs is 1. The second-order valence-corrected chi connectivity index (χ2v) is 7.01. The zero-order valence-corrected chi connectivity index (χ0v) is 14.5. The summed E-state index contributed by atoms with van der Waals surface area (Å²) in [5.41, 5.74) is 0.0357. The molecule has 132 valence electrons. The van der Waals surface area contributed by atoms with E-state index >= 15 is 0 Å². The molecular weight excluding hydrogens is 322 g/mol. The first-order valence-electron chi connectivity index (χ1n) is 8.48. The Morgan fingerprint density at radius 1 is 1.32 bits per heavy atom.